The zero-order valence-electron chi connectivity index (χ0n) is 18.7. The predicted octanol–water partition coefficient (Wildman–Crippen LogP) is 6.70. The van der Waals surface area contributed by atoms with E-state index in [0.717, 1.165) is 30.1 Å². The first kappa shape index (κ1) is 19.2. The molecule has 0 amide bonds. The normalized spacial score (nSPS) is 39.3. The number of hydrogen-bond acceptors (Lipinski definition) is 2. The van der Waals surface area contributed by atoms with E-state index in [0.29, 0.717) is 5.41 Å². The maximum absolute atomic E-state index is 6.61. The van der Waals surface area contributed by atoms with Gasteiger partial charge in [0, 0.05) is 5.41 Å². The molecule has 1 aromatic carbocycles. The van der Waals surface area contributed by atoms with E-state index in [4.69, 9.17) is 9.16 Å². The third-order valence-corrected chi connectivity index (χ3v) is 14.0. The van der Waals surface area contributed by atoms with E-state index < -0.39 is 8.32 Å². The second kappa shape index (κ2) is 5.88. The zero-order valence-corrected chi connectivity index (χ0v) is 19.7. The summed E-state index contributed by atoms with van der Waals surface area (Å²) in [6, 6.07) is 7.09. The topological polar surface area (TPSA) is 21.8 Å². The van der Waals surface area contributed by atoms with E-state index in [2.05, 4.69) is 59.0 Å². The van der Waals surface area contributed by atoms with Gasteiger partial charge in [0.25, 0.3) is 0 Å². The first-order chi connectivity index (χ1) is 13.1. The summed E-state index contributed by atoms with van der Waals surface area (Å²) in [5.74, 6) is 3.60. The highest BCUT2D eigenvalue weighted by Gasteiger charge is 2.68. The smallest absolute Gasteiger partial charge is 0.250 e. The van der Waals surface area contributed by atoms with Gasteiger partial charge < -0.3 is 9.16 Å². The lowest BCUT2D eigenvalue weighted by molar-refractivity contribution is 0.0121. The molecule has 1 saturated heterocycles. The summed E-state index contributed by atoms with van der Waals surface area (Å²) in [6.45, 7) is 15.2. The Bertz CT molecular complexity index is 788. The van der Waals surface area contributed by atoms with Gasteiger partial charge in [0.15, 0.2) is 0 Å². The van der Waals surface area contributed by atoms with Gasteiger partial charge in [0.1, 0.15) is 5.75 Å². The standard InChI is InChI=1S/C25H38O2Si/c1-23(2,3)28(5,6)27-18-8-10-19-17(15-18)7-9-21-20(19)11-13-24(4)22(21)12-14-25(24)16-26-25/h8,10,15,20-22H,7,9,11-14,16H2,1-6H3/t20-,21-,22+,24+,25-/m1/s1. The molecule has 0 bridgehead atoms. The highest BCUT2D eigenvalue weighted by atomic mass is 28.4. The Morgan fingerprint density at radius 1 is 1.11 bits per heavy atom. The molecule has 2 saturated carbocycles. The first-order valence-corrected chi connectivity index (χ1v) is 14.4. The highest BCUT2D eigenvalue weighted by molar-refractivity contribution is 6.74. The molecular weight excluding hydrogens is 360 g/mol. The van der Waals surface area contributed by atoms with Crippen LogP contribution in [0.2, 0.25) is 18.1 Å². The maximum atomic E-state index is 6.61. The zero-order chi connectivity index (χ0) is 19.9. The molecule has 0 N–H and O–H groups in total. The van der Waals surface area contributed by atoms with Crippen molar-refractivity contribution in [2.24, 2.45) is 17.3 Å². The molecule has 4 aliphatic rings. The molecular formula is C25H38O2Si. The van der Waals surface area contributed by atoms with Gasteiger partial charge in [-0.1, -0.05) is 33.8 Å². The third kappa shape index (κ3) is 2.61. The first-order valence-electron chi connectivity index (χ1n) is 11.5. The lowest BCUT2D eigenvalue weighted by atomic mass is 9.54. The van der Waals surface area contributed by atoms with Gasteiger partial charge in [-0.15, -0.1) is 0 Å². The Morgan fingerprint density at radius 2 is 1.86 bits per heavy atom. The van der Waals surface area contributed by atoms with Crippen molar-refractivity contribution in [3.8, 4) is 5.75 Å². The molecule has 0 unspecified atom stereocenters. The van der Waals surface area contributed by atoms with Crippen molar-refractivity contribution in [3.63, 3.8) is 0 Å². The molecule has 28 heavy (non-hydrogen) atoms. The molecule has 5 atom stereocenters. The molecule has 1 aromatic rings. The van der Waals surface area contributed by atoms with Crippen molar-refractivity contribution < 1.29 is 9.16 Å². The molecule has 1 heterocycles. The summed E-state index contributed by atoms with van der Waals surface area (Å²) >= 11 is 0. The van der Waals surface area contributed by atoms with E-state index in [1.165, 1.54) is 38.5 Å². The number of epoxide rings is 1. The minimum Gasteiger partial charge on any atom is -0.543 e. The van der Waals surface area contributed by atoms with Crippen LogP contribution in [-0.4, -0.2) is 20.5 Å². The maximum Gasteiger partial charge on any atom is 0.250 e. The number of benzene rings is 1. The van der Waals surface area contributed by atoms with E-state index in [1.807, 2.05) is 0 Å². The van der Waals surface area contributed by atoms with Gasteiger partial charge in [-0.05, 0) is 97.7 Å². The minimum atomic E-state index is -1.78. The Kier molecular flexibility index (Phi) is 4.03. The molecule has 2 nitrogen and oxygen atoms in total. The quantitative estimate of drug-likeness (QED) is 0.408. The summed E-state index contributed by atoms with van der Waals surface area (Å²) < 4.78 is 12.7. The van der Waals surface area contributed by atoms with E-state index in [9.17, 15) is 0 Å². The molecule has 3 heteroatoms. The average Bonchev–Trinajstić information content (AvgIpc) is 3.34. The van der Waals surface area contributed by atoms with Crippen LogP contribution in [0.4, 0.5) is 0 Å². The summed E-state index contributed by atoms with van der Waals surface area (Å²) in [5, 5.41) is 0.241. The van der Waals surface area contributed by atoms with Crippen LogP contribution >= 0.6 is 0 Å². The van der Waals surface area contributed by atoms with Crippen LogP contribution in [0.3, 0.4) is 0 Å². The van der Waals surface area contributed by atoms with Gasteiger partial charge in [-0.2, -0.15) is 0 Å². The van der Waals surface area contributed by atoms with Crippen LogP contribution < -0.4 is 4.43 Å². The third-order valence-electron chi connectivity index (χ3n) is 9.66. The number of ether oxygens (including phenoxy) is 1. The molecule has 3 aliphatic carbocycles. The lowest BCUT2D eigenvalue weighted by Crippen LogP contribution is -2.45. The highest BCUT2D eigenvalue weighted by Crippen LogP contribution is 2.68. The van der Waals surface area contributed by atoms with E-state index in [-0.39, 0.29) is 10.6 Å². The summed E-state index contributed by atoms with van der Waals surface area (Å²) in [6.07, 6.45) is 7.98. The molecule has 3 fully saturated rings. The Hall–Kier alpha value is -0.803. The monoisotopic (exact) mass is 398 g/mol. The fourth-order valence-electron chi connectivity index (χ4n) is 6.72. The van der Waals surface area contributed by atoms with Gasteiger partial charge in [0.2, 0.25) is 8.32 Å². The molecule has 0 radical (unpaired) electrons. The molecule has 1 spiro atoms. The SMILES string of the molecule is CC(C)(C)[Si](C)(C)Oc1ccc2c(c1)CC[C@@H]1[C@@H]2CC[C@@]2(C)[C@H]1CC[C@@]21CO1. The van der Waals surface area contributed by atoms with E-state index in [1.54, 1.807) is 11.1 Å². The van der Waals surface area contributed by atoms with Crippen LogP contribution in [0.25, 0.3) is 0 Å². The molecule has 154 valence electrons. The number of aryl methyl sites for hydroxylation is 1. The van der Waals surface area contributed by atoms with Crippen LogP contribution in [-0.2, 0) is 11.2 Å². The van der Waals surface area contributed by atoms with Crippen molar-refractivity contribution in [3.05, 3.63) is 29.3 Å². The fraction of sp³-hybridized carbons (Fsp3) is 0.760. The number of hydrogen-bond donors (Lipinski definition) is 0. The summed E-state index contributed by atoms with van der Waals surface area (Å²) in [4.78, 5) is 0. The lowest BCUT2D eigenvalue weighted by Gasteiger charge is -2.50. The van der Waals surface area contributed by atoms with Crippen LogP contribution in [0, 0.1) is 17.3 Å². The fourth-order valence-corrected chi connectivity index (χ4v) is 7.75. The van der Waals surface area contributed by atoms with Gasteiger partial charge in [-0.25, -0.2) is 0 Å². The Labute approximate surface area is 172 Å². The summed E-state index contributed by atoms with van der Waals surface area (Å²) in [5.41, 5.74) is 3.91. The molecule has 5 rings (SSSR count). The molecule has 1 aliphatic heterocycles. The van der Waals surface area contributed by atoms with Crippen LogP contribution in [0.1, 0.15) is 76.8 Å². The Morgan fingerprint density at radius 3 is 2.54 bits per heavy atom. The van der Waals surface area contributed by atoms with Gasteiger partial charge >= 0.3 is 0 Å². The largest absolute Gasteiger partial charge is 0.543 e. The van der Waals surface area contributed by atoms with Crippen molar-refractivity contribution in [1.82, 2.24) is 0 Å². The second-order valence-electron chi connectivity index (χ2n) is 11.9. The van der Waals surface area contributed by atoms with Crippen molar-refractivity contribution >= 4 is 8.32 Å². The van der Waals surface area contributed by atoms with Crippen molar-refractivity contribution in [1.29, 1.82) is 0 Å². The minimum absolute atomic E-state index is 0.241. The van der Waals surface area contributed by atoms with Gasteiger partial charge in [-0.3, -0.25) is 0 Å². The number of rotatable bonds is 2. The molecule has 0 aromatic heterocycles. The predicted molar refractivity (Wildman–Crippen MR) is 118 cm³/mol. The van der Waals surface area contributed by atoms with Crippen molar-refractivity contribution in [2.45, 2.75) is 95.9 Å². The van der Waals surface area contributed by atoms with Crippen molar-refractivity contribution in [2.75, 3.05) is 6.61 Å². The summed E-state index contributed by atoms with van der Waals surface area (Å²) in [7, 11) is -1.78. The van der Waals surface area contributed by atoms with Crippen LogP contribution in [0.5, 0.6) is 5.75 Å². The van der Waals surface area contributed by atoms with Gasteiger partial charge in [0.05, 0.1) is 12.2 Å². The Balaban J connectivity index is 1.40. The number of fused-ring (bicyclic) bond motifs is 6. The van der Waals surface area contributed by atoms with E-state index >= 15 is 0 Å². The van der Waals surface area contributed by atoms with Crippen LogP contribution in [0.15, 0.2) is 18.2 Å². The average molecular weight is 399 g/mol. The second-order valence-corrected chi connectivity index (χ2v) is 16.6.